The Labute approximate surface area is 151 Å². The van der Waals surface area contributed by atoms with E-state index in [9.17, 15) is 14.4 Å². The van der Waals surface area contributed by atoms with Crippen molar-refractivity contribution in [3.63, 3.8) is 0 Å². The van der Waals surface area contributed by atoms with Crippen molar-refractivity contribution in [2.24, 2.45) is 0 Å². The molecule has 0 radical (unpaired) electrons. The van der Waals surface area contributed by atoms with E-state index >= 15 is 0 Å². The smallest absolute Gasteiger partial charge is 0.360 e. The number of esters is 3. The fraction of sp³-hybridized carbons (Fsp3) is 0.316. The largest absolute Gasteiger partial charge is 0.465 e. The van der Waals surface area contributed by atoms with Gasteiger partial charge in [0.2, 0.25) is 0 Å². The lowest BCUT2D eigenvalue weighted by molar-refractivity contribution is 0.0376. The maximum atomic E-state index is 12.4. The third kappa shape index (κ3) is 4.11. The van der Waals surface area contributed by atoms with Gasteiger partial charge in [0.25, 0.3) is 0 Å². The minimum atomic E-state index is -0.639. The molecule has 7 heteroatoms. The minimum Gasteiger partial charge on any atom is -0.465 e. The highest BCUT2D eigenvalue weighted by molar-refractivity contribution is 5.99. The van der Waals surface area contributed by atoms with Crippen molar-refractivity contribution in [2.45, 2.75) is 33.8 Å². The second-order valence-corrected chi connectivity index (χ2v) is 5.98. The SMILES string of the molecule is COC(=O)c1ccc(OC(=O)c2[nH]c(C)c(C(=O)OC(C)C)c2C)cc1. The van der Waals surface area contributed by atoms with Gasteiger partial charge < -0.3 is 19.2 Å². The summed E-state index contributed by atoms with van der Waals surface area (Å²) < 4.78 is 15.1. The first-order valence-electron chi connectivity index (χ1n) is 8.05. The zero-order chi connectivity index (χ0) is 19.4. The standard InChI is InChI=1S/C19H21NO6/c1-10(2)25-18(22)15-11(3)16(20-12(15)4)19(23)26-14-8-6-13(7-9-14)17(21)24-5/h6-10,20H,1-5H3. The van der Waals surface area contributed by atoms with Gasteiger partial charge in [-0.3, -0.25) is 0 Å². The van der Waals surface area contributed by atoms with Crippen LogP contribution in [0.2, 0.25) is 0 Å². The van der Waals surface area contributed by atoms with Gasteiger partial charge in [0.05, 0.1) is 24.3 Å². The van der Waals surface area contributed by atoms with Gasteiger partial charge in [0.1, 0.15) is 11.4 Å². The van der Waals surface area contributed by atoms with Crippen molar-refractivity contribution in [2.75, 3.05) is 7.11 Å². The quantitative estimate of drug-likeness (QED) is 0.651. The van der Waals surface area contributed by atoms with Crippen LogP contribution in [-0.2, 0) is 9.47 Å². The third-order valence-electron chi connectivity index (χ3n) is 3.67. The van der Waals surface area contributed by atoms with Crippen LogP contribution in [0.5, 0.6) is 5.75 Å². The molecule has 0 unspecified atom stereocenters. The molecule has 0 saturated carbocycles. The van der Waals surface area contributed by atoms with E-state index < -0.39 is 17.9 Å². The summed E-state index contributed by atoms with van der Waals surface area (Å²) in [6.45, 7) is 6.84. The van der Waals surface area contributed by atoms with Gasteiger partial charge >= 0.3 is 17.9 Å². The average molecular weight is 359 g/mol. The maximum Gasteiger partial charge on any atom is 0.360 e. The number of hydrogen-bond donors (Lipinski definition) is 1. The molecule has 0 fully saturated rings. The molecule has 0 aliphatic carbocycles. The molecule has 0 spiro atoms. The zero-order valence-corrected chi connectivity index (χ0v) is 15.3. The van der Waals surface area contributed by atoms with Gasteiger partial charge in [0.15, 0.2) is 0 Å². The fourth-order valence-corrected chi connectivity index (χ4v) is 2.47. The van der Waals surface area contributed by atoms with Crippen LogP contribution in [0.4, 0.5) is 0 Å². The second-order valence-electron chi connectivity index (χ2n) is 5.98. The van der Waals surface area contributed by atoms with Crippen LogP contribution < -0.4 is 4.74 Å². The van der Waals surface area contributed by atoms with Crippen molar-refractivity contribution in [1.29, 1.82) is 0 Å². The molecule has 1 heterocycles. The normalized spacial score (nSPS) is 10.5. The number of H-pyrrole nitrogens is 1. The first-order valence-corrected chi connectivity index (χ1v) is 8.05. The number of nitrogens with one attached hydrogen (secondary N) is 1. The molecule has 0 aliphatic heterocycles. The van der Waals surface area contributed by atoms with E-state index in [4.69, 9.17) is 9.47 Å². The molecule has 26 heavy (non-hydrogen) atoms. The molecule has 1 aromatic heterocycles. The van der Waals surface area contributed by atoms with Crippen LogP contribution in [0.3, 0.4) is 0 Å². The summed E-state index contributed by atoms with van der Waals surface area (Å²) >= 11 is 0. The summed E-state index contributed by atoms with van der Waals surface area (Å²) in [7, 11) is 1.29. The Kier molecular flexibility index (Phi) is 5.82. The van der Waals surface area contributed by atoms with Gasteiger partial charge in [-0.15, -0.1) is 0 Å². The third-order valence-corrected chi connectivity index (χ3v) is 3.67. The van der Waals surface area contributed by atoms with Gasteiger partial charge in [-0.05, 0) is 57.5 Å². The summed E-state index contributed by atoms with van der Waals surface area (Å²) in [6.07, 6.45) is -0.264. The molecule has 7 nitrogen and oxygen atoms in total. The van der Waals surface area contributed by atoms with Crippen LogP contribution in [-0.4, -0.2) is 36.1 Å². The molecule has 138 valence electrons. The first kappa shape index (κ1) is 19.2. The van der Waals surface area contributed by atoms with Crippen LogP contribution in [0.1, 0.15) is 56.3 Å². The maximum absolute atomic E-state index is 12.4. The lowest BCUT2D eigenvalue weighted by Crippen LogP contribution is -2.14. The molecule has 0 atom stereocenters. The second kappa shape index (κ2) is 7.86. The van der Waals surface area contributed by atoms with E-state index in [-0.39, 0.29) is 17.5 Å². The van der Waals surface area contributed by atoms with Gasteiger partial charge in [-0.25, -0.2) is 14.4 Å². The molecule has 2 aromatic rings. The molecule has 1 aromatic carbocycles. The number of rotatable bonds is 5. The average Bonchev–Trinajstić information content (AvgIpc) is 2.88. The number of aryl methyl sites for hydroxylation is 1. The highest BCUT2D eigenvalue weighted by atomic mass is 16.5. The highest BCUT2D eigenvalue weighted by Gasteiger charge is 2.24. The molecule has 2 rings (SSSR count). The van der Waals surface area contributed by atoms with Crippen molar-refractivity contribution < 1.29 is 28.6 Å². The molecule has 0 saturated heterocycles. The Hall–Kier alpha value is -3.09. The summed E-state index contributed by atoms with van der Waals surface area (Å²) in [6, 6.07) is 5.96. The topological polar surface area (TPSA) is 94.7 Å². The Morgan fingerprint density at radius 1 is 0.962 bits per heavy atom. The Morgan fingerprint density at radius 3 is 2.12 bits per heavy atom. The number of aromatic nitrogens is 1. The zero-order valence-electron chi connectivity index (χ0n) is 15.3. The van der Waals surface area contributed by atoms with Gasteiger partial charge in [-0.1, -0.05) is 0 Å². The number of aromatic amines is 1. The molecule has 0 bridgehead atoms. The first-order chi connectivity index (χ1) is 12.2. The summed E-state index contributed by atoms with van der Waals surface area (Å²) in [4.78, 5) is 38.9. The summed E-state index contributed by atoms with van der Waals surface area (Å²) in [5.41, 5.74) is 1.84. The van der Waals surface area contributed by atoms with E-state index in [1.807, 2.05) is 0 Å². The van der Waals surface area contributed by atoms with Crippen LogP contribution in [0.25, 0.3) is 0 Å². The Bertz CT molecular complexity index is 832. The molecule has 1 N–H and O–H groups in total. The number of carbonyl (C=O) groups excluding carboxylic acids is 3. The molecular weight excluding hydrogens is 338 g/mol. The predicted octanol–water partition coefficient (Wildman–Crippen LogP) is 3.20. The minimum absolute atomic E-state index is 0.176. The lowest BCUT2D eigenvalue weighted by atomic mass is 10.1. The number of carbonyl (C=O) groups is 3. The van der Waals surface area contributed by atoms with E-state index in [0.29, 0.717) is 22.4 Å². The fourth-order valence-electron chi connectivity index (χ4n) is 2.47. The number of hydrogen-bond acceptors (Lipinski definition) is 6. The van der Waals surface area contributed by atoms with Crippen LogP contribution in [0.15, 0.2) is 24.3 Å². The van der Waals surface area contributed by atoms with Crippen molar-refractivity contribution in [1.82, 2.24) is 4.98 Å². The van der Waals surface area contributed by atoms with Crippen molar-refractivity contribution >= 4 is 17.9 Å². The van der Waals surface area contributed by atoms with Gasteiger partial charge in [0, 0.05) is 5.69 Å². The summed E-state index contributed by atoms with van der Waals surface area (Å²) in [5.74, 6) is -1.35. The van der Waals surface area contributed by atoms with E-state index in [1.165, 1.54) is 31.4 Å². The Balaban J connectivity index is 2.20. The molecule has 0 aliphatic rings. The number of methoxy groups -OCH3 is 1. The van der Waals surface area contributed by atoms with Crippen molar-refractivity contribution in [3.8, 4) is 5.75 Å². The van der Waals surface area contributed by atoms with E-state index in [1.54, 1.807) is 27.7 Å². The number of ether oxygens (including phenoxy) is 3. The van der Waals surface area contributed by atoms with Crippen molar-refractivity contribution in [3.05, 3.63) is 52.3 Å². The molecule has 0 amide bonds. The van der Waals surface area contributed by atoms with E-state index in [2.05, 4.69) is 9.72 Å². The van der Waals surface area contributed by atoms with Crippen LogP contribution >= 0.6 is 0 Å². The highest BCUT2D eigenvalue weighted by Crippen LogP contribution is 2.22. The summed E-state index contributed by atoms with van der Waals surface area (Å²) in [5, 5.41) is 0. The number of benzene rings is 1. The van der Waals surface area contributed by atoms with Gasteiger partial charge in [-0.2, -0.15) is 0 Å². The molecular formula is C19H21NO6. The predicted molar refractivity (Wildman–Crippen MR) is 93.6 cm³/mol. The monoisotopic (exact) mass is 359 g/mol. The van der Waals surface area contributed by atoms with E-state index in [0.717, 1.165) is 0 Å². The van der Waals surface area contributed by atoms with Crippen LogP contribution in [0, 0.1) is 13.8 Å². The Morgan fingerprint density at radius 2 is 1.58 bits per heavy atom. The lowest BCUT2D eigenvalue weighted by Gasteiger charge is -2.08.